The Hall–Kier alpha value is -1.36. The molecule has 0 amide bonds. The average molecular weight is 196 g/mol. The molecular formula is C9H16N4O. The molecule has 0 atom stereocenters. The van der Waals surface area contributed by atoms with E-state index in [4.69, 9.17) is 10.5 Å². The number of hydrogen-bond acceptors (Lipinski definition) is 5. The zero-order valence-electron chi connectivity index (χ0n) is 8.60. The van der Waals surface area contributed by atoms with Gasteiger partial charge in [-0.15, -0.1) is 0 Å². The van der Waals surface area contributed by atoms with Crippen molar-refractivity contribution in [2.75, 3.05) is 37.4 Å². The number of nitrogens with two attached hydrogens (primary N) is 1. The van der Waals surface area contributed by atoms with Gasteiger partial charge in [-0.2, -0.15) is 0 Å². The average Bonchev–Trinajstić information content (AvgIpc) is 2.18. The molecule has 5 nitrogen and oxygen atoms in total. The molecule has 0 bridgehead atoms. The van der Waals surface area contributed by atoms with Crippen molar-refractivity contribution < 1.29 is 4.74 Å². The number of nitrogen functional groups attached to an aromatic ring is 1. The second-order valence-electron chi connectivity index (χ2n) is 2.92. The van der Waals surface area contributed by atoms with Crippen LogP contribution in [0.25, 0.3) is 0 Å². The molecule has 0 fully saturated rings. The zero-order valence-corrected chi connectivity index (χ0v) is 8.60. The van der Waals surface area contributed by atoms with Crippen molar-refractivity contribution >= 4 is 11.6 Å². The Bertz CT molecular complexity index is 279. The smallest absolute Gasteiger partial charge is 0.149 e. The van der Waals surface area contributed by atoms with Crippen molar-refractivity contribution in [1.82, 2.24) is 9.97 Å². The van der Waals surface area contributed by atoms with Crippen molar-refractivity contribution in [3.63, 3.8) is 0 Å². The predicted molar refractivity (Wildman–Crippen MR) is 56.2 cm³/mol. The fourth-order valence-corrected chi connectivity index (χ4v) is 1.01. The lowest BCUT2D eigenvalue weighted by Gasteiger charge is -2.17. The summed E-state index contributed by atoms with van der Waals surface area (Å²) in [5, 5.41) is 0. The van der Waals surface area contributed by atoms with Crippen LogP contribution in [0.4, 0.5) is 11.6 Å². The number of ether oxygens (including phenoxy) is 1. The third-order valence-corrected chi connectivity index (χ3v) is 1.81. The molecule has 78 valence electrons. The Kier molecular flexibility index (Phi) is 4.12. The third-order valence-electron chi connectivity index (χ3n) is 1.81. The maximum atomic E-state index is 5.52. The van der Waals surface area contributed by atoms with Gasteiger partial charge in [0.15, 0.2) is 0 Å². The topological polar surface area (TPSA) is 64.3 Å². The van der Waals surface area contributed by atoms with Gasteiger partial charge >= 0.3 is 0 Å². The summed E-state index contributed by atoms with van der Waals surface area (Å²) in [4.78, 5) is 10.1. The monoisotopic (exact) mass is 196 g/mol. The lowest BCUT2D eigenvalue weighted by Crippen LogP contribution is -2.23. The highest BCUT2D eigenvalue weighted by Crippen LogP contribution is 2.07. The van der Waals surface area contributed by atoms with Gasteiger partial charge in [0.2, 0.25) is 0 Å². The molecule has 0 aliphatic rings. The fourth-order valence-electron chi connectivity index (χ4n) is 1.01. The van der Waals surface area contributed by atoms with Gasteiger partial charge in [-0.3, -0.25) is 4.98 Å². The predicted octanol–water partition coefficient (Wildman–Crippen LogP) is 0.531. The molecule has 5 heteroatoms. The van der Waals surface area contributed by atoms with E-state index in [2.05, 4.69) is 9.97 Å². The van der Waals surface area contributed by atoms with Gasteiger partial charge in [0.05, 0.1) is 19.0 Å². The van der Waals surface area contributed by atoms with Gasteiger partial charge in [-0.05, 0) is 6.92 Å². The first-order valence-electron chi connectivity index (χ1n) is 4.60. The number of rotatable bonds is 5. The van der Waals surface area contributed by atoms with Gasteiger partial charge in [0, 0.05) is 20.2 Å². The maximum Gasteiger partial charge on any atom is 0.149 e. The Labute approximate surface area is 83.9 Å². The van der Waals surface area contributed by atoms with Crippen molar-refractivity contribution in [2.24, 2.45) is 0 Å². The molecule has 2 N–H and O–H groups in total. The maximum absolute atomic E-state index is 5.52. The normalized spacial score (nSPS) is 10.1. The van der Waals surface area contributed by atoms with Crippen LogP contribution < -0.4 is 10.6 Å². The van der Waals surface area contributed by atoms with Crippen LogP contribution in [0, 0.1) is 0 Å². The minimum absolute atomic E-state index is 0.436. The molecular weight excluding hydrogens is 180 g/mol. The van der Waals surface area contributed by atoms with E-state index in [1.807, 2.05) is 18.9 Å². The highest BCUT2D eigenvalue weighted by atomic mass is 16.5. The second kappa shape index (κ2) is 5.39. The van der Waals surface area contributed by atoms with E-state index >= 15 is 0 Å². The molecule has 0 aliphatic carbocycles. The number of anilines is 2. The summed E-state index contributed by atoms with van der Waals surface area (Å²) in [5.41, 5.74) is 5.52. The van der Waals surface area contributed by atoms with Gasteiger partial charge in [0.1, 0.15) is 11.6 Å². The van der Waals surface area contributed by atoms with E-state index in [1.165, 1.54) is 6.20 Å². The largest absolute Gasteiger partial charge is 0.382 e. The SMILES string of the molecule is CCOCCN(C)c1cncc(N)n1. The number of hydrogen-bond donors (Lipinski definition) is 1. The molecule has 0 saturated carbocycles. The minimum atomic E-state index is 0.436. The van der Waals surface area contributed by atoms with Gasteiger partial charge in [-0.25, -0.2) is 4.98 Å². The van der Waals surface area contributed by atoms with E-state index in [0.717, 1.165) is 19.0 Å². The molecule has 1 aromatic heterocycles. The standard InChI is InChI=1S/C9H16N4O/c1-3-14-5-4-13(2)9-7-11-6-8(10)12-9/h6-7H,3-5H2,1-2H3,(H2,10,12). The first kappa shape index (κ1) is 10.7. The fraction of sp³-hybridized carbons (Fsp3) is 0.556. The molecule has 0 aliphatic heterocycles. The van der Waals surface area contributed by atoms with Crippen molar-refractivity contribution in [3.05, 3.63) is 12.4 Å². The summed E-state index contributed by atoms with van der Waals surface area (Å²) < 4.78 is 5.23. The summed E-state index contributed by atoms with van der Waals surface area (Å²) in [6, 6.07) is 0. The van der Waals surface area contributed by atoms with Gasteiger partial charge in [-0.1, -0.05) is 0 Å². The van der Waals surface area contributed by atoms with E-state index in [1.54, 1.807) is 6.20 Å². The first-order chi connectivity index (χ1) is 6.74. The van der Waals surface area contributed by atoms with Crippen LogP contribution >= 0.6 is 0 Å². The van der Waals surface area contributed by atoms with E-state index in [0.29, 0.717) is 12.4 Å². The van der Waals surface area contributed by atoms with Crippen LogP contribution in [0.15, 0.2) is 12.4 Å². The van der Waals surface area contributed by atoms with Gasteiger partial charge in [0.25, 0.3) is 0 Å². The Morgan fingerprint density at radius 1 is 1.50 bits per heavy atom. The highest BCUT2D eigenvalue weighted by Gasteiger charge is 2.02. The highest BCUT2D eigenvalue weighted by molar-refractivity contribution is 5.40. The molecule has 1 rings (SSSR count). The van der Waals surface area contributed by atoms with Crippen LogP contribution in [-0.2, 0) is 4.74 Å². The Morgan fingerprint density at radius 2 is 2.29 bits per heavy atom. The number of likely N-dealkylation sites (N-methyl/N-ethyl adjacent to an activating group) is 1. The number of aromatic nitrogens is 2. The molecule has 0 radical (unpaired) electrons. The van der Waals surface area contributed by atoms with Crippen molar-refractivity contribution in [2.45, 2.75) is 6.92 Å². The van der Waals surface area contributed by atoms with Crippen LogP contribution in [-0.4, -0.2) is 36.8 Å². The Balaban J connectivity index is 2.47. The quantitative estimate of drug-likeness (QED) is 0.696. The molecule has 14 heavy (non-hydrogen) atoms. The molecule has 1 heterocycles. The number of nitrogens with zero attached hydrogens (tertiary/aromatic N) is 3. The molecule has 0 spiro atoms. The lowest BCUT2D eigenvalue weighted by molar-refractivity contribution is 0.154. The van der Waals surface area contributed by atoms with Crippen LogP contribution in [0.2, 0.25) is 0 Å². The summed E-state index contributed by atoms with van der Waals surface area (Å²) in [7, 11) is 1.93. The van der Waals surface area contributed by atoms with Gasteiger partial charge < -0.3 is 15.4 Å². The molecule has 0 aromatic carbocycles. The summed E-state index contributed by atoms with van der Waals surface area (Å²) >= 11 is 0. The minimum Gasteiger partial charge on any atom is -0.382 e. The lowest BCUT2D eigenvalue weighted by atomic mass is 10.5. The zero-order chi connectivity index (χ0) is 10.4. The van der Waals surface area contributed by atoms with Crippen molar-refractivity contribution in [1.29, 1.82) is 0 Å². The summed E-state index contributed by atoms with van der Waals surface area (Å²) in [6.45, 7) is 4.17. The summed E-state index contributed by atoms with van der Waals surface area (Å²) in [6.07, 6.45) is 3.21. The molecule has 1 aromatic rings. The van der Waals surface area contributed by atoms with E-state index in [-0.39, 0.29) is 0 Å². The third kappa shape index (κ3) is 3.18. The van der Waals surface area contributed by atoms with E-state index < -0.39 is 0 Å². The van der Waals surface area contributed by atoms with Crippen LogP contribution in [0.1, 0.15) is 6.92 Å². The Morgan fingerprint density at radius 3 is 2.93 bits per heavy atom. The first-order valence-corrected chi connectivity index (χ1v) is 4.60. The molecule has 0 unspecified atom stereocenters. The van der Waals surface area contributed by atoms with Crippen molar-refractivity contribution in [3.8, 4) is 0 Å². The summed E-state index contributed by atoms with van der Waals surface area (Å²) in [5.74, 6) is 1.20. The van der Waals surface area contributed by atoms with Crippen LogP contribution in [0.3, 0.4) is 0 Å². The second-order valence-corrected chi connectivity index (χ2v) is 2.92. The van der Waals surface area contributed by atoms with E-state index in [9.17, 15) is 0 Å². The molecule has 0 saturated heterocycles. The van der Waals surface area contributed by atoms with Crippen LogP contribution in [0.5, 0.6) is 0 Å².